The summed E-state index contributed by atoms with van der Waals surface area (Å²) in [5.41, 5.74) is 0.758. The first-order valence-corrected chi connectivity index (χ1v) is 6.36. The van der Waals surface area contributed by atoms with Gasteiger partial charge in [0.05, 0.1) is 28.3 Å². The molecule has 0 radical (unpaired) electrons. The van der Waals surface area contributed by atoms with Gasteiger partial charge in [-0.25, -0.2) is 0 Å². The van der Waals surface area contributed by atoms with Crippen molar-refractivity contribution in [3.8, 4) is 0 Å². The van der Waals surface area contributed by atoms with Crippen LogP contribution < -0.4 is 5.32 Å². The molecule has 1 fully saturated rings. The molecule has 1 saturated heterocycles. The lowest BCUT2D eigenvalue weighted by Gasteiger charge is -2.25. The topological polar surface area (TPSA) is 64.4 Å². The minimum absolute atomic E-state index is 0.172. The second kappa shape index (κ2) is 5.37. The van der Waals surface area contributed by atoms with Crippen LogP contribution in [0.4, 0.5) is 11.4 Å². The monoisotopic (exact) mass is 254 g/mol. The first kappa shape index (κ1) is 12.2. The summed E-state index contributed by atoms with van der Waals surface area (Å²) in [4.78, 5) is 11.5. The van der Waals surface area contributed by atoms with Crippen LogP contribution in [0.1, 0.15) is 6.92 Å². The second-order valence-electron chi connectivity index (χ2n) is 3.72. The maximum Gasteiger partial charge on any atom is 0.305 e. The number of para-hydroxylation sites is 1. The molecule has 0 aliphatic carbocycles. The Morgan fingerprint density at radius 1 is 1.59 bits per heavy atom. The van der Waals surface area contributed by atoms with E-state index >= 15 is 0 Å². The van der Waals surface area contributed by atoms with E-state index in [2.05, 4.69) is 5.32 Å². The quantitative estimate of drug-likeness (QED) is 0.646. The molecule has 2 rings (SSSR count). The summed E-state index contributed by atoms with van der Waals surface area (Å²) in [6.07, 6.45) is 0. The highest BCUT2D eigenvalue weighted by Crippen LogP contribution is 2.39. The van der Waals surface area contributed by atoms with E-state index in [0.717, 1.165) is 0 Å². The van der Waals surface area contributed by atoms with Crippen molar-refractivity contribution in [2.75, 3.05) is 25.1 Å². The molecule has 1 aliphatic heterocycles. The number of anilines is 1. The second-order valence-corrected chi connectivity index (χ2v) is 5.06. The number of nitro benzene ring substituents is 1. The van der Waals surface area contributed by atoms with Gasteiger partial charge in [-0.2, -0.15) is 0 Å². The van der Waals surface area contributed by atoms with E-state index in [1.807, 2.05) is 13.0 Å². The molecular formula is C11H14N2O3S. The Morgan fingerprint density at radius 2 is 2.35 bits per heavy atom. The third-order valence-corrected chi connectivity index (χ3v) is 3.64. The van der Waals surface area contributed by atoms with Crippen LogP contribution in [0.3, 0.4) is 0 Å². The zero-order chi connectivity index (χ0) is 12.3. The van der Waals surface area contributed by atoms with Gasteiger partial charge in [0.15, 0.2) is 0 Å². The summed E-state index contributed by atoms with van der Waals surface area (Å²) >= 11 is 1.52. The highest BCUT2D eigenvalue weighted by atomic mass is 32.2. The van der Waals surface area contributed by atoms with Crippen LogP contribution >= 0.6 is 11.8 Å². The Hall–Kier alpha value is -1.27. The van der Waals surface area contributed by atoms with Crippen molar-refractivity contribution in [1.29, 1.82) is 0 Å². The number of nitro groups is 1. The van der Waals surface area contributed by atoms with Gasteiger partial charge in [-0.3, -0.25) is 10.1 Å². The fourth-order valence-electron chi connectivity index (χ4n) is 1.60. The highest BCUT2D eigenvalue weighted by Gasteiger charge is 2.26. The molecule has 0 aromatic heterocycles. The fourth-order valence-corrected chi connectivity index (χ4v) is 2.74. The summed E-state index contributed by atoms with van der Waals surface area (Å²) in [6, 6.07) is 5.37. The molecule has 0 bridgehead atoms. The molecule has 1 aromatic rings. The summed E-state index contributed by atoms with van der Waals surface area (Å²) in [5.74, 6) is 0. The van der Waals surface area contributed by atoms with Crippen LogP contribution in [0.2, 0.25) is 0 Å². The molecule has 1 aromatic carbocycles. The molecule has 0 spiro atoms. The third kappa shape index (κ3) is 2.70. The third-order valence-electron chi connectivity index (χ3n) is 2.45. The molecule has 92 valence electrons. The van der Waals surface area contributed by atoms with E-state index < -0.39 is 0 Å². The number of hydrogen-bond acceptors (Lipinski definition) is 5. The number of hydrogen-bond donors (Lipinski definition) is 1. The van der Waals surface area contributed by atoms with Crippen LogP contribution in [0.15, 0.2) is 23.1 Å². The number of nitrogens with one attached hydrogen (secondary N) is 1. The van der Waals surface area contributed by atoms with E-state index in [0.29, 0.717) is 35.6 Å². The van der Waals surface area contributed by atoms with E-state index in [9.17, 15) is 10.1 Å². The predicted octanol–water partition coefficient (Wildman–Crippen LogP) is 2.52. The minimum Gasteiger partial charge on any atom is -0.380 e. The van der Waals surface area contributed by atoms with Crippen LogP contribution in [0.25, 0.3) is 0 Å². The van der Waals surface area contributed by atoms with Gasteiger partial charge < -0.3 is 10.1 Å². The average molecular weight is 254 g/mol. The molecular weight excluding hydrogens is 240 g/mol. The van der Waals surface area contributed by atoms with E-state index in [4.69, 9.17) is 4.74 Å². The van der Waals surface area contributed by atoms with Crippen LogP contribution in [0, 0.1) is 10.1 Å². The Balaban J connectivity index is 2.28. The first-order valence-electron chi connectivity index (χ1n) is 5.48. The molecule has 1 aliphatic rings. The summed E-state index contributed by atoms with van der Waals surface area (Å²) < 4.78 is 5.08. The van der Waals surface area contributed by atoms with E-state index in [1.165, 1.54) is 11.8 Å². The summed E-state index contributed by atoms with van der Waals surface area (Å²) in [5, 5.41) is 14.5. The lowest BCUT2D eigenvalue weighted by Crippen LogP contribution is -2.30. The Bertz CT molecular complexity index is 421. The normalized spacial score (nSPS) is 15.4. The molecule has 1 N–H and O–H groups in total. The van der Waals surface area contributed by atoms with Crippen molar-refractivity contribution >= 4 is 23.1 Å². The van der Waals surface area contributed by atoms with Crippen molar-refractivity contribution in [1.82, 2.24) is 0 Å². The maximum atomic E-state index is 11.1. The maximum absolute atomic E-state index is 11.1. The smallest absolute Gasteiger partial charge is 0.305 e. The van der Waals surface area contributed by atoms with Crippen molar-refractivity contribution in [2.24, 2.45) is 0 Å². The van der Waals surface area contributed by atoms with Gasteiger partial charge in [0.25, 0.3) is 0 Å². The van der Waals surface area contributed by atoms with Crippen molar-refractivity contribution in [3.05, 3.63) is 28.3 Å². The SMILES string of the molecule is CCNc1cccc(SC2COC2)c1[N+](=O)[O-]. The molecule has 0 atom stereocenters. The number of benzene rings is 1. The van der Waals surface area contributed by atoms with Gasteiger partial charge in [0, 0.05) is 6.54 Å². The first-order chi connectivity index (χ1) is 8.22. The number of rotatable bonds is 5. The number of ether oxygens (including phenoxy) is 1. The van der Waals surface area contributed by atoms with Crippen LogP contribution in [-0.2, 0) is 4.74 Å². The van der Waals surface area contributed by atoms with Gasteiger partial charge in [-0.15, -0.1) is 11.8 Å². The van der Waals surface area contributed by atoms with Gasteiger partial charge in [-0.05, 0) is 19.1 Å². The van der Waals surface area contributed by atoms with E-state index in [-0.39, 0.29) is 10.6 Å². The predicted molar refractivity (Wildman–Crippen MR) is 67.7 cm³/mol. The summed E-state index contributed by atoms with van der Waals surface area (Å²) in [7, 11) is 0. The number of thioether (sulfide) groups is 1. The molecule has 0 saturated carbocycles. The number of nitrogens with zero attached hydrogens (tertiary/aromatic N) is 1. The van der Waals surface area contributed by atoms with Gasteiger partial charge in [0.2, 0.25) is 0 Å². The van der Waals surface area contributed by atoms with Crippen molar-refractivity contribution in [2.45, 2.75) is 17.1 Å². The molecule has 0 unspecified atom stereocenters. The fraction of sp³-hybridized carbons (Fsp3) is 0.455. The minimum atomic E-state index is -0.320. The standard InChI is InChI=1S/C11H14N2O3S/c1-2-12-9-4-3-5-10(11(9)13(14)15)17-8-6-16-7-8/h3-5,8,12H,2,6-7H2,1H3. The Kier molecular flexibility index (Phi) is 3.86. The van der Waals surface area contributed by atoms with Gasteiger partial charge in [0.1, 0.15) is 5.69 Å². The molecule has 1 heterocycles. The van der Waals surface area contributed by atoms with Crippen LogP contribution in [-0.4, -0.2) is 29.9 Å². The average Bonchev–Trinajstić information content (AvgIpc) is 2.23. The van der Waals surface area contributed by atoms with Crippen molar-refractivity contribution < 1.29 is 9.66 Å². The van der Waals surface area contributed by atoms with E-state index in [1.54, 1.807) is 12.1 Å². The molecule has 17 heavy (non-hydrogen) atoms. The van der Waals surface area contributed by atoms with Gasteiger partial charge >= 0.3 is 5.69 Å². The lowest BCUT2D eigenvalue weighted by molar-refractivity contribution is -0.386. The summed E-state index contributed by atoms with van der Waals surface area (Å²) in [6.45, 7) is 3.94. The van der Waals surface area contributed by atoms with Gasteiger partial charge in [-0.1, -0.05) is 6.07 Å². The lowest BCUT2D eigenvalue weighted by atomic mass is 10.2. The largest absolute Gasteiger partial charge is 0.380 e. The zero-order valence-electron chi connectivity index (χ0n) is 9.51. The molecule has 5 nitrogen and oxygen atoms in total. The molecule has 6 heteroatoms. The molecule has 0 amide bonds. The zero-order valence-corrected chi connectivity index (χ0v) is 10.3. The highest BCUT2D eigenvalue weighted by molar-refractivity contribution is 8.00. The Morgan fingerprint density at radius 3 is 2.88 bits per heavy atom. The van der Waals surface area contributed by atoms with Crippen molar-refractivity contribution in [3.63, 3.8) is 0 Å². The van der Waals surface area contributed by atoms with Crippen LogP contribution in [0.5, 0.6) is 0 Å². The Labute approximate surface area is 104 Å².